The molecule has 7 aromatic carbocycles. The maximum Gasteiger partial charge on any atom is 0.0646 e. The minimum absolute atomic E-state index is 0.622. The Labute approximate surface area is 257 Å². The summed E-state index contributed by atoms with van der Waals surface area (Å²) in [5.41, 5.74) is 5.35. The Morgan fingerprint density at radius 3 is 1.93 bits per heavy atom. The molecular formula is C38H23Cl2NS. The van der Waals surface area contributed by atoms with Gasteiger partial charge >= 0.3 is 0 Å². The van der Waals surface area contributed by atoms with Gasteiger partial charge in [-0.05, 0) is 87.3 Å². The van der Waals surface area contributed by atoms with Gasteiger partial charge in [0, 0.05) is 36.9 Å². The number of thiophene rings is 1. The van der Waals surface area contributed by atoms with Crippen molar-refractivity contribution in [1.82, 2.24) is 0 Å². The quantitative estimate of drug-likeness (QED) is 0.195. The topological polar surface area (TPSA) is 3.24 Å². The highest BCUT2D eigenvalue weighted by Gasteiger charge is 2.21. The summed E-state index contributed by atoms with van der Waals surface area (Å²) in [6, 6.07) is 49.2. The molecule has 0 aliphatic carbocycles. The van der Waals surface area contributed by atoms with Crippen LogP contribution < -0.4 is 4.90 Å². The SMILES string of the molecule is Clc1cc(Cl)cc(-c2cccc(N(c3ccccc3)c3cc4ccccc4c4c3sc3ccc5ccccc5c34)c2)c1. The molecule has 1 heterocycles. The van der Waals surface area contributed by atoms with Gasteiger partial charge < -0.3 is 4.90 Å². The second-order valence-corrected chi connectivity index (χ2v) is 12.4. The molecule has 0 amide bonds. The van der Waals surface area contributed by atoms with E-state index in [0.29, 0.717) is 10.0 Å². The van der Waals surface area contributed by atoms with Crippen LogP contribution in [0.15, 0.2) is 140 Å². The van der Waals surface area contributed by atoms with Gasteiger partial charge in [-0.15, -0.1) is 11.3 Å². The highest BCUT2D eigenvalue weighted by atomic mass is 35.5. The Hall–Kier alpha value is -4.34. The highest BCUT2D eigenvalue weighted by molar-refractivity contribution is 7.26. The molecule has 0 spiro atoms. The third kappa shape index (κ3) is 4.23. The third-order valence-electron chi connectivity index (χ3n) is 7.89. The Morgan fingerprint density at radius 1 is 0.476 bits per heavy atom. The number of para-hydroxylation sites is 1. The minimum atomic E-state index is 0.622. The van der Waals surface area contributed by atoms with E-state index in [9.17, 15) is 0 Å². The summed E-state index contributed by atoms with van der Waals surface area (Å²) in [5.74, 6) is 0. The maximum atomic E-state index is 6.40. The van der Waals surface area contributed by atoms with Crippen molar-refractivity contribution in [2.75, 3.05) is 4.90 Å². The molecule has 42 heavy (non-hydrogen) atoms. The van der Waals surface area contributed by atoms with Crippen LogP contribution in [-0.4, -0.2) is 0 Å². The van der Waals surface area contributed by atoms with E-state index in [0.717, 1.165) is 28.2 Å². The van der Waals surface area contributed by atoms with Gasteiger partial charge in [-0.25, -0.2) is 0 Å². The van der Waals surface area contributed by atoms with Crippen LogP contribution >= 0.6 is 34.5 Å². The highest BCUT2D eigenvalue weighted by Crippen LogP contribution is 2.49. The number of anilines is 3. The summed E-state index contributed by atoms with van der Waals surface area (Å²) in [7, 11) is 0. The van der Waals surface area contributed by atoms with Gasteiger partial charge in [0.1, 0.15) is 0 Å². The fourth-order valence-corrected chi connectivity index (χ4v) is 7.85. The molecule has 0 fully saturated rings. The Balaban J connectivity index is 1.46. The monoisotopic (exact) mass is 595 g/mol. The van der Waals surface area contributed by atoms with Crippen LogP contribution in [0.4, 0.5) is 17.1 Å². The summed E-state index contributed by atoms with van der Waals surface area (Å²) in [5, 5.41) is 8.90. The molecule has 8 aromatic rings. The van der Waals surface area contributed by atoms with Crippen molar-refractivity contribution >= 4 is 93.3 Å². The second-order valence-electron chi connectivity index (χ2n) is 10.5. The van der Waals surface area contributed by atoms with Crippen molar-refractivity contribution in [2.45, 2.75) is 0 Å². The number of halogens is 2. The summed E-state index contributed by atoms with van der Waals surface area (Å²) >= 11 is 14.7. The van der Waals surface area contributed by atoms with E-state index in [1.54, 1.807) is 6.07 Å². The zero-order chi connectivity index (χ0) is 28.2. The van der Waals surface area contributed by atoms with Crippen LogP contribution in [0.25, 0.3) is 52.8 Å². The number of nitrogens with zero attached hydrogens (tertiary/aromatic N) is 1. The lowest BCUT2D eigenvalue weighted by molar-refractivity contribution is 1.30. The third-order valence-corrected chi connectivity index (χ3v) is 9.50. The predicted octanol–water partition coefficient (Wildman–Crippen LogP) is 12.8. The van der Waals surface area contributed by atoms with Crippen LogP contribution in [0.3, 0.4) is 0 Å². The summed E-state index contributed by atoms with van der Waals surface area (Å²) in [4.78, 5) is 2.38. The van der Waals surface area contributed by atoms with Crippen molar-refractivity contribution in [2.24, 2.45) is 0 Å². The van der Waals surface area contributed by atoms with Gasteiger partial charge in [-0.2, -0.15) is 0 Å². The van der Waals surface area contributed by atoms with Crippen molar-refractivity contribution in [3.8, 4) is 11.1 Å². The van der Waals surface area contributed by atoms with Crippen LogP contribution in [0.1, 0.15) is 0 Å². The summed E-state index contributed by atoms with van der Waals surface area (Å²) < 4.78 is 2.55. The van der Waals surface area contributed by atoms with Crippen LogP contribution in [-0.2, 0) is 0 Å². The number of hydrogen-bond acceptors (Lipinski definition) is 2. The minimum Gasteiger partial charge on any atom is -0.309 e. The molecule has 1 nitrogen and oxygen atoms in total. The van der Waals surface area contributed by atoms with Gasteiger partial charge in [-0.1, -0.05) is 108 Å². The molecular weight excluding hydrogens is 573 g/mol. The molecule has 1 aromatic heterocycles. The first-order valence-electron chi connectivity index (χ1n) is 13.8. The first kappa shape index (κ1) is 25.4. The molecule has 0 atom stereocenters. The van der Waals surface area contributed by atoms with Crippen LogP contribution in [0.2, 0.25) is 10.0 Å². The first-order chi connectivity index (χ1) is 20.6. The standard InChI is InChI=1S/C38H23Cl2NS/c39-28-19-27(20-29(40)23-28)25-11-8-14-31(21-25)41(30-12-2-1-3-13-30)34-22-26-10-5-7-16-33(26)37-36-32-15-6-4-9-24(32)17-18-35(36)42-38(34)37/h1-23H. The largest absolute Gasteiger partial charge is 0.309 e. The number of fused-ring (bicyclic) bond motifs is 7. The van der Waals surface area contributed by atoms with Gasteiger partial charge in [0.15, 0.2) is 0 Å². The average Bonchev–Trinajstić information content (AvgIpc) is 3.42. The molecule has 200 valence electrons. The molecule has 4 heteroatoms. The van der Waals surface area contributed by atoms with Crippen LogP contribution in [0, 0.1) is 0 Å². The fourth-order valence-electron chi connectivity index (χ4n) is 6.09. The molecule has 0 aliphatic rings. The summed E-state index contributed by atoms with van der Waals surface area (Å²) in [6.07, 6.45) is 0. The Morgan fingerprint density at radius 2 is 1.14 bits per heavy atom. The van der Waals surface area contributed by atoms with E-state index in [4.69, 9.17) is 23.2 Å². The number of rotatable bonds is 4. The molecule has 0 radical (unpaired) electrons. The number of benzene rings is 7. The van der Waals surface area contributed by atoms with E-state index < -0.39 is 0 Å². The lowest BCUT2D eigenvalue weighted by Crippen LogP contribution is -2.10. The van der Waals surface area contributed by atoms with E-state index in [1.165, 1.54) is 41.7 Å². The van der Waals surface area contributed by atoms with Crippen molar-refractivity contribution in [1.29, 1.82) is 0 Å². The smallest absolute Gasteiger partial charge is 0.0646 e. The molecule has 0 bridgehead atoms. The fraction of sp³-hybridized carbons (Fsp3) is 0. The lowest BCUT2D eigenvalue weighted by atomic mass is 9.98. The predicted molar refractivity (Wildman–Crippen MR) is 184 cm³/mol. The van der Waals surface area contributed by atoms with Gasteiger partial charge in [0.2, 0.25) is 0 Å². The molecule has 0 unspecified atom stereocenters. The molecule has 0 saturated heterocycles. The number of hydrogen-bond donors (Lipinski definition) is 0. The van der Waals surface area contributed by atoms with Crippen LogP contribution in [0.5, 0.6) is 0 Å². The Bertz CT molecular complexity index is 2270. The van der Waals surface area contributed by atoms with Crippen molar-refractivity contribution in [3.05, 3.63) is 150 Å². The van der Waals surface area contributed by atoms with Gasteiger partial charge in [0.05, 0.1) is 10.4 Å². The Kier molecular flexibility index (Phi) is 6.15. The van der Waals surface area contributed by atoms with E-state index in [-0.39, 0.29) is 0 Å². The normalized spacial score (nSPS) is 11.6. The second kappa shape index (κ2) is 10.2. The molecule has 0 aliphatic heterocycles. The van der Waals surface area contributed by atoms with E-state index in [1.807, 2.05) is 23.5 Å². The zero-order valence-electron chi connectivity index (χ0n) is 22.4. The van der Waals surface area contributed by atoms with Crippen molar-refractivity contribution < 1.29 is 0 Å². The molecule has 0 saturated carbocycles. The molecule has 8 rings (SSSR count). The van der Waals surface area contributed by atoms with E-state index in [2.05, 4.69) is 126 Å². The maximum absolute atomic E-state index is 6.40. The van der Waals surface area contributed by atoms with Gasteiger partial charge in [-0.3, -0.25) is 0 Å². The lowest BCUT2D eigenvalue weighted by Gasteiger charge is -2.27. The summed E-state index contributed by atoms with van der Waals surface area (Å²) in [6.45, 7) is 0. The molecule has 0 N–H and O–H groups in total. The first-order valence-corrected chi connectivity index (χ1v) is 15.4. The van der Waals surface area contributed by atoms with E-state index >= 15 is 0 Å². The zero-order valence-corrected chi connectivity index (χ0v) is 24.7. The van der Waals surface area contributed by atoms with Crippen molar-refractivity contribution in [3.63, 3.8) is 0 Å². The average molecular weight is 597 g/mol. The van der Waals surface area contributed by atoms with Gasteiger partial charge in [0.25, 0.3) is 0 Å².